The molecule has 1 rings (SSSR count). The lowest BCUT2D eigenvalue weighted by Gasteiger charge is -2.13. The van der Waals surface area contributed by atoms with Gasteiger partial charge in [-0.2, -0.15) is 0 Å². The largest absolute Gasteiger partial charge is 0.494 e. The Morgan fingerprint density at radius 1 is 1.28 bits per heavy atom. The maximum absolute atomic E-state index is 12.0. The summed E-state index contributed by atoms with van der Waals surface area (Å²) in [6, 6.07) is 3.30. The summed E-state index contributed by atoms with van der Waals surface area (Å²) in [4.78, 5) is 0.219. The van der Waals surface area contributed by atoms with Crippen molar-refractivity contribution in [3.05, 3.63) is 23.3 Å². The lowest BCUT2D eigenvalue weighted by atomic mass is 10.1. The summed E-state index contributed by atoms with van der Waals surface area (Å²) in [6.45, 7) is 5.71. The van der Waals surface area contributed by atoms with Crippen LogP contribution in [-0.2, 0) is 10.0 Å². The third-order valence-electron chi connectivity index (χ3n) is 2.47. The summed E-state index contributed by atoms with van der Waals surface area (Å²) in [7, 11) is -3.57. The number of aryl methyl sites for hydroxylation is 2. The number of aliphatic hydroxyl groups excluding tert-OH is 1. The lowest BCUT2D eigenvalue weighted by molar-refractivity contribution is 0.301. The van der Waals surface area contributed by atoms with Crippen LogP contribution in [0.25, 0.3) is 0 Å². The molecule has 0 bridgehead atoms. The third-order valence-corrected chi connectivity index (χ3v) is 4.07. The molecule has 0 atom stereocenters. The molecule has 0 heterocycles. The second-order valence-electron chi connectivity index (χ2n) is 3.94. The Bertz CT molecular complexity index is 511. The molecule has 0 aliphatic carbocycles. The van der Waals surface area contributed by atoms with Crippen LogP contribution in [0.15, 0.2) is 17.0 Å². The van der Waals surface area contributed by atoms with Gasteiger partial charge in [-0.3, -0.25) is 0 Å². The summed E-state index contributed by atoms with van der Waals surface area (Å²) in [5.74, 6) is 0.691. The fourth-order valence-corrected chi connectivity index (χ4v) is 2.95. The normalized spacial score (nSPS) is 11.6. The van der Waals surface area contributed by atoms with Gasteiger partial charge in [-0.15, -0.1) is 0 Å². The number of benzene rings is 1. The molecule has 18 heavy (non-hydrogen) atoms. The fourth-order valence-electron chi connectivity index (χ4n) is 1.62. The van der Waals surface area contributed by atoms with E-state index in [1.54, 1.807) is 26.0 Å². The van der Waals surface area contributed by atoms with Crippen LogP contribution in [0.5, 0.6) is 5.75 Å². The van der Waals surface area contributed by atoms with Crippen LogP contribution < -0.4 is 9.46 Å². The van der Waals surface area contributed by atoms with E-state index in [9.17, 15) is 8.42 Å². The number of ether oxygens (including phenoxy) is 1. The summed E-state index contributed by atoms with van der Waals surface area (Å²) >= 11 is 0. The van der Waals surface area contributed by atoms with Gasteiger partial charge in [0.25, 0.3) is 0 Å². The standard InChI is InChI=1S/C12H19NO4S/c1-4-17-11-7-10(3)12(8-9(11)2)18(15,16)13-5-6-14/h7-8,13-14H,4-6H2,1-3H3. The number of sulfonamides is 1. The van der Waals surface area contributed by atoms with Gasteiger partial charge in [0.15, 0.2) is 0 Å². The van der Waals surface area contributed by atoms with Crippen molar-refractivity contribution in [2.75, 3.05) is 19.8 Å². The van der Waals surface area contributed by atoms with Crippen LogP contribution in [0.4, 0.5) is 0 Å². The molecule has 0 aliphatic rings. The first-order chi connectivity index (χ1) is 8.42. The lowest BCUT2D eigenvalue weighted by Crippen LogP contribution is -2.27. The molecule has 102 valence electrons. The van der Waals surface area contributed by atoms with Crippen LogP contribution in [0.2, 0.25) is 0 Å². The smallest absolute Gasteiger partial charge is 0.240 e. The highest BCUT2D eigenvalue weighted by molar-refractivity contribution is 7.89. The predicted molar refractivity (Wildman–Crippen MR) is 69.4 cm³/mol. The molecule has 0 spiro atoms. The molecule has 5 nitrogen and oxygen atoms in total. The molecule has 6 heteroatoms. The van der Waals surface area contributed by atoms with Crippen molar-refractivity contribution in [2.45, 2.75) is 25.7 Å². The maximum atomic E-state index is 12.0. The van der Waals surface area contributed by atoms with Crippen LogP contribution in [0.3, 0.4) is 0 Å². The molecule has 0 amide bonds. The van der Waals surface area contributed by atoms with Gasteiger partial charge in [-0.1, -0.05) is 0 Å². The van der Waals surface area contributed by atoms with Crippen molar-refractivity contribution in [2.24, 2.45) is 0 Å². The molecule has 0 aliphatic heterocycles. The average molecular weight is 273 g/mol. The Balaban J connectivity index is 3.15. The Morgan fingerprint density at radius 2 is 1.94 bits per heavy atom. The highest BCUT2D eigenvalue weighted by Gasteiger charge is 2.18. The highest BCUT2D eigenvalue weighted by Crippen LogP contribution is 2.25. The number of hydrogen-bond donors (Lipinski definition) is 2. The van der Waals surface area contributed by atoms with E-state index in [1.807, 2.05) is 6.92 Å². The van der Waals surface area contributed by atoms with Crippen molar-refractivity contribution in [3.63, 3.8) is 0 Å². The molecule has 0 saturated carbocycles. The number of aliphatic hydroxyl groups is 1. The molecular formula is C12H19NO4S. The predicted octanol–water partition coefficient (Wildman–Crippen LogP) is 0.973. The Morgan fingerprint density at radius 3 is 2.50 bits per heavy atom. The van der Waals surface area contributed by atoms with Crippen LogP contribution >= 0.6 is 0 Å². The van der Waals surface area contributed by atoms with Gasteiger partial charge in [0.05, 0.1) is 18.1 Å². The van der Waals surface area contributed by atoms with Gasteiger partial charge in [0.2, 0.25) is 10.0 Å². The van der Waals surface area contributed by atoms with E-state index in [1.165, 1.54) is 0 Å². The topological polar surface area (TPSA) is 75.6 Å². The second kappa shape index (κ2) is 6.17. The first kappa shape index (κ1) is 14.9. The summed E-state index contributed by atoms with van der Waals surface area (Å²) in [5, 5.41) is 8.67. The Kier molecular flexibility index (Phi) is 5.13. The maximum Gasteiger partial charge on any atom is 0.240 e. The molecule has 0 unspecified atom stereocenters. The van der Waals surface area contributed by atoms with Gasteiger partial charge in [0, 0.05) is 6.54 Å². The molecule has 1 aromatic rings. The van der Waals surface area contributed by atoms with Crippen LogP contribution in [0, 0.1) is 13.8 Å². The molecule has 0 aromatic heterocycles. The van der Waals surface area contributed by atoms with E-state index in [-0.39, 0.29) is 18.0 Å². The summed E-state index contributed by atoms with van der Waals surface area (Å²) in [5.41, 5.74) is 1.39. The molecule has 0 radical (unpaired) electrons. The SMILES string of the molecule is CCOc1cc(C)c(S(=O)(=O)NCCO)cc1C. The van der Waals surface area contributed by atoms with Crippen LogP contribution in [-0.4, -0.2) is 33.3 Å². The zero-order chi connectivity index (χ0) is 13.8. The van der Waals surface area contributed by atoms with Crippen molar-refractivity contribution in [1.29, 1.82) is 0 Å². The molecule has 2 N–H and O–H groups in total. The van der Waals surface area contributed by atoms with Gasteiger partial charge >= 0.3 is 0 Å². The van der Waals surface area contributed by atoms with Crippen molar-refractivity contribution in [1.82, 2.24) is 4.72 Å². The van der Waals surface area contributed by atoms with Crippen LogP contribution in [0.1, 0.15) is 18.1 Å². The van der Waals surface area contributed by atoms with Gasteiger partial charge in [-0.25, -0.2) is 13.1 Å². The number of nitrogens with one attached hydrogen (secondary N) is 1. The fraction of sp³-hybridized carbons (Fsp3) is 0.500. The first-order valence-corrected chi connectivity index (χ1v) is 7.25. The minimum atomic E-state index is -3.57. The van der Waals surface area contributed by atoms with E-state index in [0.717, 1.165) is 5.56 Å². The zero-order valence-electron chi connectivity index (χ0n) is 10.9. The summed E-state index contributed by atoms with van der Waals surface area (Å²) in [6.07, 6.45) is 0. The Hall–Kier alpha value is -1.11. The van der Waals surface area contributed by atoms with Crippen molar-refractivity contribution >= 4 is 10.0 Å². The van der Waals surface area contributed by atoms with Gasteiger partial charge < -0.3 is 9.84 Å². The molecule has 0 saturated heterocycles. The number of hydrogen-bond acceptors (Lipinski definition) is 4. The zero-order valence-corrected chi connectivity index (χ0v) is 11.7. The monoisotopic (exact) mass is 273 g/mol. The van der Waals surface area contributed by atoms with E-state index in [2.05, 4.69) is 4.72 Å². The van der Waals surface area contributed by atoms with Gasteiger partial charge in [-0.05, 0) is 44.0 Å². The molecule has 0 fully saturated rings. The van der Waals surface area contributed by atoms with Gasteiger partial charge in [0.1, 0.15) is 5.75 Å². The van der Waals surface area contributed by atoms with E-state index in [4.69, 9.17) is 9.84 Å². The van der Waals surface area contributed by atoms with E-state index >= 15 is 0 Å². The summed E-state index contributed by atoms with van der Waals surface area (Å²) < 4.78 is 31.7. The van der Waals surface area contributed by atoms with Crippen molar-refractivity contribution in [3.8, 4) is 5.75 Å². The first-order valence-electron chi connectivity index (χ1n) is 5.77. The Labute approximate surface area is 108 Å². The van der Waals surface area contributed by atoms with Crippen molar-refractivity contribution < 1.29 is 18.3 Å². The second-order valence-corrected chi connectivity index (χ2v) is 5.67. The highest BCUT2D eigenvalue weighted by atomic mass is 32.2. The number of rotatable bonds is 6. The van der Waals surface area contributed by atoms with E-state index in [0.29, 0.717) is 17.9 Å². The minimum absolute atomic E-state index is 0.00797. The average Bonchev–Trinajstić information content (AvgIpc) is 2.31. The molecule has 1 aromatic carbocycles. The quantitative estimate of drug-likeness (QED) is 0.810. The third kappa shape index (κ3) is 3.44. The molecular weight excluding hydrogens is 254 g/mol. The minimum Gasteiger partial charge on any atom is -0.494 e. The van der Waals surface area contributed by atoms with E-state index < -0.39 is 10.0 Å².